The van der Waals surface area contributed by atoms with Gasteiger partial charge in [-0.1, -0.05) is 0 Å². The number of nitrogens with zero attached hydrogens (tertiary/aromatic N) is 3. The lowest BCUT2D eigenvalue weighted by Crippen LogP contribution is -2.36. The van der Waals surface area contributed by atoms with Crippen LogP contribution in [-0.4, -0.2) is 29.9 Å². The smallest absolute Gasteiger partial charge is 0.269 e. The maximum atomic E-state index is 14.9. The van der Waals surface area contributed by atoms with Crippen LogP contribution >= 0.6 is 12.4 Å². The van der Waals surface area contributed by atoms with Gasteiger partial charge in [0, 0.05) is 30.9 Å². The van der Waals surface area contributed by atoms with E-state index in [1.54, 1.807) is 16.4 Å². The lowest BCUT2D eigenvalue weighted by atomic mass is 10.0. The molecule has 1 aromatic carbocycles. The molecule has 4 rings (SSSR count). The minimum absolute atomic E-state index is 0. The van der Waals surface area contributed by atoms with Gasteiger partial charge in [-0.15, -0.1) is 12.4 Å². The number of benzene rings is 1. The van der Waals surface area contributed by atoms with Crippen molar-refractivity contribution in [1.29, 1.82) is 5.26 Å². The molecular weight excluding hydrogens is 374 g/mol. The Bertz CT molecular complexity index is 1010. The molecule has 1 atom stereocenters. The molecule has 8 heteroatoms. The van der Waals surface area contributed by atoms with Crippen molar-refractivity contribution < 1.29 is 8.78 Å². The SMILES string of the molecule is Cc1c(N2CCC(F)(CN)C2)c(F)cc2cc(C#N)c(=O)n(C3CC3)c12.Cl. The summed E-state index contributed by atoms with van der Waals surface area (Å²) >= 11 is 0. The fourth-order valence-corrected chi connectivity index (χ4v) is 4.00. The van der Waals surface area contributed by atoms with Crippen molar-refractivity contribution in [3.8, 4) is 6.07 Å². The topological polar surface area (TPSA) is 75.1 Å². The largest absolute Gasteiger partial charge is 0.366 e. The zero-order valence-electron chi connectivity index (χ0n) is 15.0. The maximum Gasteiger partial charge on any atom is 0.269 e. The Morgan fingerprint density at radius 1 is 1.41 bits per heavy atom. The Morgan fingerprint density at radius 3 is 2.67 bits per heavy atom. The lowest BCUT2D eigenvalue weighted by molar-refractivity contribution is 0.204. The van der Waals surface area contributed by atoms with Crippen LogP contribution in [0.15, 0.2) is 16.9 Å². The molecule has 1 saturated heterocycles. The van der Waals surface area contributed by atoms with Gasteiger partial charge in [-0.3, -0.25) is 4.79 Å². The van der Waals surface area contributed by atoms with Crippen molar-refractivity contribution in [1.82, 2.24) is 4.57 Å². The molecule has 5 nitrogen and oxygen atoms in total. The molecular formula is C19H21ClF2N4O. The lowest BCUT2D eigenvalue weighted by Gasteiger charge is -2.25. The third kappa shape index (κ3) is 3.07. The van der Waals surface area contributed by atoms with Gasteiger partial charge in [-0.2, -0.15) is 5.26 Å². The summed E-state index contributed by atoms with van der Waals surface area (Å²) in [4.78, 5) is 14.3. The minimum Gasteiger partial charge on any atom is -0.366 e. The summed E-state index contributed by atoms with van der Waals surface area (Å²) in [6, 6.07) is 4.74. The Morgan fingerprint density at radius 2 is 2.11 bits per heavy atom. The second-order valence-corrected chi connectivity index (χ2v) is 7.37. The fraction of sp³-hybridized carbons (Fsp3) is 0.474. The van der Waals surface area contributed by atoms with E-state index in [0.717, 1.165) is 12.8 Å². The summed E-state index contributed by atoms with van der Waals surface area (Å²) in [5.41, 5.74) is 5.25. The Balaban J connectivity index is 0.00000210. The van der Waals surface area contributed by atoms with Crippen LogP contribution in [0.3, 0.4) is 0 Å². The molecule has 1 unspecified atom stereocenters. The van der Waals surface area contributed by atoms with Gasteiger partial charge in [0.2, 0.25) is 0 Å². The summed E-state index contributed by atoms with van der Waals surface area (Å²) in [7, 11) is 0. The normalized spacial score (nSPS) is 22.0. The number of fused-ring (bicyclic) bond motifs is 1. The van der Waals surface area contributed by atoms with E-state index in [4.69, 9.17) is 5.73 Å². The molecule has 0 bridgehead atoms. The van der Waals surface area contributed by atoms with Crippen LogP contribution in [0.5, 0.6) is 0 Å². The van der Waals surface area contributed by atoms with Crippen LogP contribution in [0.1, 0.15) is 36.4 Å². The molecule has 0 amide bonds. The molecule has 27 heavy (non-hydrogen) atoms. The van der Waals surface area contributed by atoms with Crippen molar-refractivity contribution in [2.45, 2.75) is 37.9 Å². The molecule has 0 spiro atoms. The van der Waals surface area contributed by atoms with E-state index in [1.165, 1.54) is 12.1 Å². The number of hydrogen-bond donors (Lipinski definition) is 1. The van der Waals surface area contributed by atoms with Crippen LogP contribution in [0.2, 0.25) is 0 Å². The van der Waals surface area contributed by atoms with Gasteiger partial charge in [0.15, 0.2) is 0 Å². The zero-order chi connectivity index (χ0) is 18.6. The molecule has 1 saturated carbocycles. The van der Waals surface area contributed by atoms with E-state index in [-0.39, 0.29) is 49.1 Å². The number of anilines is 1. The first-order valence-electron chi connectivity index (χ1n) is 8.81. The van der Waals surface area contributed by atoms with Gasteiger partial charge in [0.25, 0.3) is 5.56 Å². The molecule has 2 aromatic rings. The second-order valence-electron chi connectivity index (χ2n) is 7.37. The van der Waals surface area contributed by atoms with Crippen molar-refractivity contribution in [3.63, 3.8) is 0 Å². The standard InChI is InChI=1S/C19H20F2N4O.ClH/c1-11-16-12(6-13(8-22)18(26)25(16)14-2-3-14)7-15(20)17(11)24-5-4-19(21,9-23)10-24;/h6-7,14H,2-5,9-10,23H2,1H3;1H. The van der Waals surface area contributed by atoms with E-state index >= 15 is 0 Å². The highest BCUT2D eigenvalue weighted by Crippen LogP contribution is 2.40. The van der Waals surface area contributed by atoms with Crippen molar-refractivity contribution >= 4 is 29.0 Å². The van der Waals surface area contributed by atoms with Gasteiger partial charge >= 0.3 is 0 Å². The first-order chi connectivity index (χ1) is 12.4. The van der Waals surface area contributed by atoms with Gasteiger partial charge in [0.1, 0.15) is 23.1 Å². The van der Waals surface area contributed by atoms with E-state index in [9.17, 15) is 18.8 Å². The summed E-state index contributed by atoms with van der Waals surface area (Å²) in [5.74, 6) is -0.471. The summed E-state index contributed by atoms with van der Waals surface area (Å²) in [5, 5.41) is 9.76. The zero-order valence-corrected chi connectivity index (χ0v) is 15.8. The number of alkyl halides is 1. The number of nitrogens with two attached hydrogens (primary N) is 1. The first-order valence-corrected chi connectivity index (χ1v) is 8.81. The predicted octanol–water partition coefficient (Wildman–Crippen LogP) is 2.95. The number of nitriles is 1. The first kappa shape index (κ1) is 19.6. The number of pyridine rings is 1. The Hall–Kier alpha value is -2.17. The quantitative estimate of drug-likeness (QED) is 0.868. The highest BCUT2D eigenvalue weighted by molar-refractivity contribution is 5.89. The Kier molecular flexibility index (Phi) is 4.91. The number of rotatable bonds is 3. The predicted molar refractivity (Wildman–Crippen MR) is 103 cm³/mol. The van der Waals surface area contributed by atoms with Crippen LogP contribution in [-0.2, 0) is 0 Å². The van der Waals surface area contributed by atoms with Crippen LogP contribution in [0.4, 0.5) is 14.5 Å². The van der Waals surface area contributed by atoms with Gasteiger partial charge < -0.3 is 15.2 Å². The molecule has 1 aliphatic heterocycles. The summed E-state index contributed by atoms with van der Waals surface area (Å²) in [6.45, 7) is 2.07. The van der Waals surface area contributed by atoms with Crippen molar-refractivity contribution in [3.05, 3.63) is 39.4 Å². The van der Waals surface area contributed by atoms with Gasteiger partial charge in [-0.25, -0.2) is 8.78 Å². The molecule has 1 aliphatic carbocycles. The average molecular weight is 395 g/mol. The van der Waals surface area contributed by atoms with E-state index < -0.39 is 11.5 Å². The molecule has 1 aromatic heterocycles. The van der Waals surface area contributed by atoms with Crippen molar-refractivity contribution in [2.24, 2.45) is 5.73 Å². The molecule has 2 N–H and O–H groups in total. The average Bonchev–Trinajstić information content (AvgIpc) is 3.37. The maximum absolute atomic E-state index is 14.9. The van der Waals surface area contributed by atoms with E-state index in [2.05, 4.69) is 0 Å². The third-order valence-corrected chi connectivity index (χ3v) is 5.50. The second kappa shape index (κ2) is 6.77. The molecule has 144 valence electrons. The number of halogens is 3. The molecule has 0 radical (unpaired) electrons. The van der Waals surface area contributed by atoms with Gasteiger partial charge in [-0.05, 0) is 37.5 Å². The van der Waals surface area contributed by atoms with Crippen LogP contribution in [0.25, 0.3) is 10.9 Å². The van der Waals surface area contributed by atoms with Crippen LogP contribution in [0, 0.1) is 24.1 Å². The monoisotopic (exact) mass is 394 g/mol. The fourth-order valence-electron chi connectivity index (χ4n) is 4.00. The summed E-state index contributed by atoms with van der Waals surface area (Å²) < 4.78 is 31.1. The minimum atomic E-state index is -1.52. The van der Waals surface area contributed by atoms with Gasteiger partial charge in [0.05, 0.1) is 17.7 Å². The Labute approximate surface area is 161 Å². The van der Waals surface area contributed by atoms with Crippen molar-refractivity contribution in [2.75, 3.05) is 24.5 Å². The highest BCUT2D eigenvalue weighted by Gasteiger charge is 2.39. The molecule has 2 fully saturated rings. The highest BCUT2D eigenvalue weighted by atomic mass is 35.5. The van der Waals surface area contributed by atoms with Crippen LogP contribution < -0.4 is 16.2 Å². The van der Waals surface area contributed by atoms with E-state index in [1.807, 2.05) is 6.07 Å². The number of aryl methyl sites for hydroxylation is 1. The van der Waals surface area contributed by atoms with E-state index in [0.29, 0.717) is 28.7 Å². The number of hydrogen-bond acceptors (Lipinski definition) is 4. The molecule has 2 heterocycles. The summed E-state index contributed by atoms with van der Waals surface area (Å²) in [6.07, 6.45) is 1.98. The number of aromatic nitrogens is 1. The third-order valence-electron chi connectivity index (χ3n) is 5.50. The molecule has 2 aliphatic rings.